The average Bonchev–Trinajstić information content (AvgIpc) is 2.81. The summed E-state index contributed by atoms with van der Waals surface area (Å²) in [7, 11) is 0. The van der Waals surface area contributed by atoms with Crippen molar-refractivity contribution in [1.29, 1.82) is 0 Å². The maximum absolute atomic E-state index is 13.1. The highest BCUT2D eigenvalue weighted by Gasteiger charge is 2.26. The Kier molecular flexibility index (Phi) is 6.49. The van der Waals surface area contributed by atoms with E-state index in [1.54, 1.807) is 12.1 Å². The molecule has 32 heavy (non-hydrogen) atoms. The van der Waals surface area contributed by atoms with Crippen molar-refractivity contribution in [3.05, 3.63) is 59.7 Å². The van der Waals surface area contributed by atoms with Crippen LogP contribution >= 0.6 is 0 Å². The first kappa shape index (κ1) is 21.5. The van der Waals surface area contributed by atoms with Gasteiger partial charge in [0.1, 0.15) is 5.71 Å². The fraction of sp³-hybridized carbons (Fsp3) is 0.333. The highest BCUT2D eigenvalue weighted by Crippen LogP contribution is 2.30. The second-order valence-corrected chi connectivity index (χ2v) is 8.08. The summed E-state index contributed by atoms with van der Waals surface area (Å²) in [4.78, 5) is 39.3. The van der Waals surface area contributed by atoms with Gasteiger partial charge in [0, 0.05) is 31.5 Å². The van der Waals surface area contributed by atoms with Crippen molar-refractivity contribution in [2.45, 2.75) is 38.6 Å². The maximum atomic E-state index is 13.1. The van der Waals surface area contributed by atoms with Crippen molar-refractivity contribution < 1.29 is 14.4 Å². The Morgan fingerprint density at radius 3 is 2.47 bits per heavy atom. The van der Waals surface area contributed by atoms with Crippen molar-refractivity contribution in [2.24, 2.45) is 10.8 Å². The van der Waals surface area contributed by atoms with E-state index in [1.807, 2.05) is 36.4 Å². The Bertz CT molecular complexity index is 1040. The van der Waals surface area contributed by atoms with Crippen LogP contribution in [0, 0.1) is 0 Å². The summed E-state index contributed by atoms with van der Waals surface area (Å²) in [6, 6.07) is 14.7. The van der Waals surface area contributed by atoms with Crippen LogP contribution in [0.3, 0.4) is 0 Å². The number of hydrogen-bond donors (Lipinski definition) is 2. The van der Waals surface area contributed by atoms with Crippen LogP contribution in [0.25, 0.3) is 0 Å². The van der Waals surface area contributed by atoms with Gasteiger partial charge in [-0.1, -0.05) is 30.3 Å². The molecule has 8 nitrogen and oxygen atoms in total. The second kappa shape index (κ2) is 9.64. The normalized spacial score (nSPS) is 16.5. The summed E-state index contributed by atoms with van der Waals surface area (Å²) in [5.41, 5.74) is 8.40. The van der Waals surface area contributed by atoms with Crippen LogP contribution in [0.2, 0.25) is 0 Å². The van der Waals surface area contributed by atoms with E-state index in [4.69, 9.17) is 5.73 Å². The van der Waals surface area contributed by atoms with Gasteiger partial charge >= 0.3 is 0 Å². The van der Waals surface area contributed by atoms with Gasteiger partial charge in [-0.25, -0.2) is 5.01 Å². The molecule has 0 bridgehead atoms. The molecule has 166 valence electrons. The van der Waals surface area contributed by atoms with Crippen molar-refractivity contribution in [1.82, 2.24) is 5.01 Å². The molecule has 2 aromatic rings. The highest BCUT2D eigenvalue weighted by atomic mass is 16.2. The largest absolute Gasteiger partial charge is 0.370 e. The molecule has 0 radical (unpaired) electrons. The van der Waals surface area contributed by atoms with Gasteiger partial charge < -0.3 is 16.0 Å². The van der Waals surface area contributed by atoms with E-state index in [9.17, 15) is 14.4 Å². The van der Waals surface area contributed by atoms with Gasteiger partial charge in [0.15, 0.2) is 0 Å². The first-order valence-corrected chi connectivity index (χ1v) is 10.9. The number of carbonyl (C=O) groups is 3. The predicted octanol–water partition coefficient (Wildman–Crippen LogP) is 2.89. The molecule has 1 fully saturated rings. The van der Waals surface area contributed by atoms with Gasteiger partial charge in [0.25, 0.3) is 5.91 Å². The second-order valence-electron chi connectivity index (χ2n) is 8.08. The standard InChI is InChI=1S/C24H27N5O3/c25-23(31)18-9-11-21(28-13-5-2-6-14-28)20(15-18)26-24(32)19-10-12-22(30)29(27-19)16-17-7-3-1-4-8-17/h1,3-4,7-9,11,15H,2,5-6,10,12-14,16H2,(H2,25,31)(H,26,32). The lowest BCUT2D eigenvalue weighted by molar-refractivity contribution is -0.132. The molecule has 3 amide bonds. The Morgan fingerprint density at radius 2 is 1.75 bits per heavy atom. The molecule has 8 heteroatoms. The van der Waals surface area contributed by atoms with E-state index in [0.29, 0.717) is 17.8 Å². The molecule has 0 spiro atoms. The molecule has 0 aromatic heterocycles. The number of hydrogen-bond acceptors (Lipinski definition) is 5. The van der Waals surface area contributed by atoms with Gasteiger partial charge in [-0.2, -0.15) is 5.10 Å². The fourth-order valence-corrected chi connectivity index (χ4v) is 4.04. The quantitative estimate of drug-likeness (QED) is 0.730. The predicted molar refractivity (Wildman–Crippen MR) is 123 cm³/mol. The Labute approximate surface area is 187 Å². The molecule has 1 saturated heterocycles. The summed E-state index contributed by atoms with van der Waals surface area (Å²) >= 11 is 0. The topological polar surface area (TPSA) is 108 Å². The van der Waals surface area contributed by atoms with Crippen LogP contribution in [-0.4, -0.2) is 41.5 Å². The molecule has 4 rings (SSSR count). The number of carbonyl (C=O) groups excluding carboxylic acids is 3. The summed E-state index contributed by atoms with van der Waals surface area (Å²) < 4.78 is 0. The number of nitrogens with zero attached hydrogens (tertiary/aromatic N) is 3. The van der Waals surface area contributed by atoms with Gasteiger partial charge in [-0.15, -0.1) is 0 Å². The lowest BCUT2D eigenvalue weighted by Gasteiger charge is -2.31. The number of amides is 3. The van der Waals surface area contributed by atoms with E-state index in [1.165, 1.54) is 11.4 Å². The summed E-state index contributed by atoms with van der Waals surface area (Å²) in [6.07, 6.45) is 3.83. The number of nitrogens with two attached hydrogens (primary N) is 1. The van der Waals surface area contributed by atoms with E-state index in [2.05, 4.69) is 15.3 Å². The number of nitrogens with one attached hydrogen (secondary N) is 1. The first-order valence-electron chi connectivity index (χ1n) is 10.9. The molecule has 2 heterocycles. The number of rotatable bonds is 6. The summed E-state index contributed by atoms with van der Waals surface area (Å²) in [5.74, 6) is -1.05. The van der Waals surface area contributed by atoms with Gasteiger partial charge in [0.05, 0.1) is 17.9 Å². The summed E-state index contributed by atoms with van der Waals surface area (Å²) in [6.45, 7) is 2.09. The molecule has 3 N–H and O–H groups in total. The van der Waals surface area contributed by atoms with E-state index < -0.39 is 5.91 Å². The number of benzene rings is 2. The van der Waals surface area contributed by atoms with Crippen LogP contribution in [-0.2, 0) is 16.1 Å². The minimum absolute atomic E-state index is 0.116. The number of hydrazone groups is 1. The zero-order chi connectivity index (χ0) is 22.5. The van der Waals surface area contributed by atoms with Crippen LogP contribution in [0.15, 0.2) is 53.6 Å². The van der Waals surface area contributed by atoms with Crippen LogP contribution in [0.5, 0.6) is 0 Å². The molecular weight excluding hydrogens is 406 g/mol. The monoisotopic (exact) mass is 433 g/mol. The first-order chi connectivity index (χ1) is 15.5. The SMILES string of the molecule is NC(=O)c1ccc(N2CCCCC2)c(NC(=O)C2=NN(Cc3ccccc3)C(=O)CC2)c1. The number of piperidine rings is 1. The van der Waals surface area contributed by atoms with E-state index in [0.717, 1.165) is 37.2 Å². The Hall–Kier alpha value is -3.68. The minimum Gasteiger partial charge on any atom is -0.370 e. The Morgan fingerprint density at radius 1 is 1.00 bits per heavy atom. The number of primary amides is 1. The van der Waals surface area contributed by atoms with Gasteiger partial charge in [0.2, 0.25) is 11.8 Å². The zero-order valence-electron chi connectivity index (χ0n) is 17.9. The molecule has 2 aromatic carbocycles. The van der Waals surface area contributed by atoms with Crippen molar-refractivity contribution in [3.8, 4) is 0 Å². The molecule has 0 aliphatic carbocycles. The van der Waals surface area contributed by atoms with Gasteiger partial charge in [-0.05, 0) is 43.0 Å². The number of anilines is 2. The minimum atomic E-state index is -0.555. The van der Waals surface area contributed by atoms with Crippen molar-refractivity contribution in [3.63, 3.8) is 0 Å². The van der Waals surface area contributed by atoms with Crippen LogP contribution in [0.1, 0.15) is 48.0 Å². The lowest BCUT2D eigenvalue weighted by Crippen LogP contribution is -2.36. The molecule has 0 atom stereocenters. The molecule has 0 unspecified atom stereocenters. The van der Waals surface area contributed by atoms with E-state index >= 15 is 0 Å². The smallest absolute Gasteiger partial charge is 0.271 e. The van der Waals surface area contributed by atoms with Crippen LogP contribution < -0.4 is 16.0 Å². The van der Waals surface area contributed by atoms with Crippen LogP contribution in [0.4, 0.5) is 11.4 Å². The highest BCUT2D eigenvalue weighted by molar-refractivity contribution is 6.43. The fourth-order valence-electron chi connectivity index (χ4n) is 4.04. The molecule has 2 aliphatic rings. The van der Waals surface area contributed by atoms with Crippen molar-refractivity contribution >= 4 is 34.8 Å². The Balaban J connectivity index is 1.56. The van der Waals surface area contributed by atoms with E-state index in [-0.39, 0.29) is 30.4 Å². The molecule has 0 saturated carbocycles. The third-order valence-corrected chi connectivity index (χ3v) is 5.77. The third kappa shape index (κ3) is 4.96. The molecular formula is C24H27N5O3. The molecule has 2 aliphatic heterocycles. The van der Waals surface area contributed by atoms with Gasteiger partial charge in [-0.3, -0.25) is 14.4 Å². The summed E-state index contributed by atoms with van der Waals surface area (Å²) in [5, 5.41) is 8.60. The maximum Gasteiger partial charge on any atom is 0.271 e. The average molecular weight is 434 g/mol. The lowest BCUT2D eigenvalue weighted by atomic mass is 10.1. The van der Waals surface area contributed by atoms with Crippen molar-refractivity contribution in [2.75, 3.05) is 23.3 Å². The zero-order valence-corrected chi connectivity index (χ0v) is 17.9. The third-order valence-electron chi connectivity index (χ3n) is 5.77.